The number of rotatable bonds is 2. The predicted molar refractivity (Wildman–Crippen MR) is 98.3 cm³/mol. The van der Waals surface area contributed by atoms with Gasteiger partial charge in [0.2, 0.25) is 0 Å². The quantitative estimate of drug-likeness (QED) is 0.794. The molecule has 3 saturated carbocycles. The Kier molecular flexibility index (Phi) is 4.06. The average molecular weight is 360 g/mol. The van der Waals surface area contributed by atoms with Crippen LogP contribution in [0.1, 0.15) is 65.7 Å². The highest BCUT2D eigenvalue weighted by Gasteiger charge is 2.66. The molecule has 0 saturated heterocycles. The number of Topliss-reactive ketones (excluding diaryl/α,β-unsaturated/α-hetero) is 1. The van der Waals surface area contributed by atoms with Crippen molar-refractivity contribution in [3.63, 3.8) is 0 Å². The third kappa shape index (κ3) is 2.09. The lowest BCUT2D eigenvalue weighted by Crippen LogP contribution is -2.58. The normalized spacial score (nSPS) is 50.5. The number of fused-ring (bicyclic) bond motifs is 5. The van der Waals surface area contributed by atoms with Crippen molar-refractivity contribution >= 4 is 11.6 Å². The van der Waals surface area contributed by atoms with Gasteiger partial charge in [0.05, 0.1) is 0 Å². The number of hydrogen-bond donors (Lipinski definition) is 2. The van der Waals surface area contributed by atoms with Gasteiger partial charge >= 0.3 is 0 Å². The third-order valence-electron chi connectivity index (χ3n) is 9.23. The van der Waals surface area contributed by atoms with Crippen LogP contribution in [0.2, 0.25) is 0 Å². The van der Waals surface area contributed by atoms with E-state index in [-0.39, 0.29) is 34.9 Å². The smallest absolute Gasteiger partial charge is 0.161 e. The van der Waals surface area contributed by atoms with E-state index in [0.29, 0.717) is 30.6 Å². The summed E-state index contributed by atoms with van der Waals surface area (Å²) in [5.41, 5.74) is -0.406. The molecule has 0 aliphatic heterocycles. The maximum atomic E-state index is 12.3. The highest BCUT2D eigenvalue weighted by atomic mass is 16.3. The van der Waals surface area contributed by atoms with Crippen molar-refractivity contribution in [2.24, 2.45) is 34.5 Å². The molecule has 0 spiro atoms. The van der Waals surface area contributed by atoms with Gasteiger partial charge in [0.1, 0.15) is 5.60 Å². The van der Waals surface area contributed by atoms with Crippen molar-refractivity contribution in [2.75, 3.05) is 6.61 Å². The monoisotopic (exact) mass is 360 g/mol. The molecule has 0 aromatic rings. The molecule has 7 atom stereocenters. The fourth-order valence-electron chi connectivity index (χ4n) is 7.61. The van der Waals surface area contributed by atoms with Gasteiger partial charge in [-0.05, 0) is 80.6 Å². The molecule has 144 valence electrons. The highest BCUT2D eigenvalue weighted by Crippen LogP contribution is 2.68. The molecular formula is C22H32O4. The Morgan fingerprint density at radius 2 is 1.88 bits per heavy atom. The third-order valence-corrected chi connectivity index (χ3v) is 9.23. The molecule has 0 radical (unpaired) electrons. The molecule has 4 rings (SSSR count). The Bertz CT molecular complexity index is 682. The first-order chi connectivity index (χ1) is 12.2. The number of hydrogen-bond acceptors (Lipinski definition) is 4. The number of allylic oxidation sites excluding steroid dienone is 1. The lowest BCUT2D eigenvalue weighted by Gasteiger charge is -2.60. The number of carbonyl (C=O) groups excluding carboxylic acids is 2. The summed E-state index contributed by atoms with van der Waals surface area (Å²) in [4.78, 5) is 24.4. The van der Waals surface area contributed by atoms with Crippen LogP contribution in [0.3, 0.4) is 0 Å². The zero-order chi connectivity index (χ0) is 18.9. The van der Waals surface area contributed by atoms with Crippen molar-refractivity contribution in [3.8, 4) is 0 Å². The first-order valence-corrected chi connectivity index (χ1v) is 10.3. The Hall–Kier alpha value is -1.00. The summed E-state index contributed by atoms with van der Waals surface area (Å²) in [5, 5.41) is 21.2. The first kappa shape index (κ1) is 18.4. The van der Waals surface area contributed by atoms with Crippen LogP contribution in [0.4, 0.5) is 0 Å². The van der Waals surface area contributed by atoms with Gasteiger partial charge in [-0.25, -0.2) is 0 Å². The Morgan fingerprint density at radius 3 is 2.54 bits per heavy atom. The first-order valence-electron chi connectivity index (χ1n) is 10.3. The molecule has 1 unspecified atom stereocenters. The number of aliphatic hydroxyl groups is 2. The highest BCUT2D eigenvalue weighted by molar-refractivity contribution is 5.92. The van der Waals surface area contributed by atoms with Crippen molar-refractivity contribution in [1.29, 1.82) is 0 Å². The number of aliphatic hydroxyl groups excluding tert-OH is 1. The van der Waals surface area contributed by atoms with E-state index < -0.39 is 5.60 Å². The molecule has 4 nitrogen and oxygen atoms in total. The predicted octanol–water partition coefficient (Wildman–Crippen LogP) is 3.06. The van der Waals surface area contributed by atoms with E-state index in [1.54, 1.807) is 0 Å². The topological polar surface area (TPSA) is 74.6 Å². The van der Waals surface area contributed by atoms with Gasteiger partial charge in [-0.3, -0.25) is 9.59 Å². The van der Waals surface area contributed by atoms with Crippen LogP contribution in [-0.2, 0) is 9.59 Å². The summed E-state index contributed by atoms with van der Waals surface area (Å²) >= 11 is 0. The molecule has 0 heterocycles. The molecule has 0 amide bonds. The second-order valence-electron chi connectivity index (χ2n) is 9.83. The second kappa shape index (κ2) is 5.75. The van der Waals surface area contributed by atoms with E-state index in [1.807, 2.05) is 6.08 Å². The zero-order valence-corrected chi connectivity index (χ0v) is 16.3. The van der Waals surface area contributed by atoms with Crippen LogP contribution >= 0.6 is 0 Å². The molecule has 2 N–H and O–H groups in total. The van der Waals surface area contributed by atoms with Gasteiger partial charge in [-0.15, -0.1) is 0 Å². The van der Waals surface area contributed by atoms with Gasteiger partial charge in [0, 0.05) is 18.4 Å². The number of ketones is 2. The van der Waals surface area contributed by atoms with E-state index in [9.17, 15) is 19.8 Å². The molecule has 0 bridgehead atoms. The van der Waals surface area contributed by atoms with E-state index in [4.69, 9.17) is 0 Å². The number of carbonyl (C=O) groups is 2. The van der Waals surface area contributed by atoms with E-state index in [2.05, 4.69) is 13.8 Å². The molecule has 26 heavy (non-hydrogen) atoms. The minimum absolute atomic E-state index is 0.000231. The lowest BCUT2D eigenvalue weighted by molar-refractivity contribution is -0.162. The van der Waals surface area contributed by atoms with Crippen LogP contribution in [0.15, 0.2) is 11.6 Å². The van der Waals surface area contributed by atoms with Crippen molar-refractivity contribution in [2.45, 2.75) is 71.3 Å². The van der Waals surface area contributed by atoms with Crippen molar-refractivity contribution in [1.82, 2.24) is 0 Å². The maximum Gasteiger partial charge on any atom is 0.161 e. The Morgan fingerprint density at radius 1 is 1.19 bits per heavy atom. The van der Waals surface area contributed by atoms with E-state index >= 15 is 0 Å². The van der Waals surface area contributed by atoms with E-state index in [1.165, 1.54) is 12.5 Å². The van der Waals surface area contributed by atoms with Crippen LogP contribution < -0.4 is 0 Å². The second-order valence-corrected chi connectivity index (χ2v) is 9.83. The molecule has 0 aromatic heterocycles. The summed E-state index contributed by atoms with van der Waals surface area (Å²) in [5.74, 6) is 1.32. The standard InChI is InChI=1S/C22H32O4/c1-13(24)22(26)9-7-18-17-5-4-14-10-16(25)11-15(12-23)21(14,3)19(17)6-8-20(18,22)2/h10,15,17-19,23,26H,4-9,11-12H2,1-3H3/t15?,17-,18-,19-,20-,21+,22-/m0/s1. The van der Waals surface area contributed by atoms with Crippen LogP contribution in [0.25, 0.3) is 0 Å². The Balaban J connectivity index is 1.73. The summed E-state index contributed by atoms with van der Waals surface area (Å²) < 4.78 is 0. The molecule has 4 heteroatoms. The summed E-state index contributed by atoms with van der Waals surface area (Å²) in [6, 6.07) is 0. The van der Waals surface area contributed by atoms with Gasteiger partial charge in [0.25, 0.3) is 0 Å². The minimum atomic E-state index is -1.18. The van der Waals surface area contributed by atoms with Gasteiger partial charge in [-0.1, -0.05) is 19.4 Å². The fraction of sp³-hybridized carbons (Fsp3) is 0.818. The van der Waals surface area contributed by atoms with Gasteiger partial charge in [0.15, 0.2) is 11.6 Å². The van der Waals surface area contributed by atoms with Gasteiger partial charge in [-0.2, -0.15) is 0 Å². The van der Waals surface area contributed by atoms with Crippen LogP contribution in [-0.4, -0.2) is 34.0 Å². The fourth-order valence-corrected chi connectivity index (χ4v) is 7.61. The largest absolute Gasteiger partial charge is 0.396 e. The summed E-state index contributed by atoms with van der Waals surface area (Å²) in [6.07, 6.45) is 7.54. The SMILES string of the molecule is CC(=O)[C@@]1(O)CC[C@H]2[C@@H]3CCC4=CC(=O)CC(CO)[C@]4(C)[C@H]3CC[C@@]21C. The molecule has 4 aliphatic carbocycles. The molecule has 3 fully saturated rings. The summed E-state index contributed by atoms with van der Waals surface area (Å²) in [7, 11) is 0. The molecule has 4 aliphatic rings. The lowest BCUT2D eigenvalue weighted by atomic mass is 9.44. The van der Waals surface area contributed by atoms with Gasteiger partial charge < -0.3 is 10.2 Å². The molecule has 0 aromatic carbocycles. The minimum Gasteiger partial charge on any atom is -0.396 e. The summed E-state index contributed by atoms with van der Waals surface area (Å²) in [6.45, 7) is 5.99. The average Bonchev–Trinajstić information content (AvgIpc) is 2.87. The van der Waals surface area contributed by atoms with Crippen LogP contribution in [0, 0.1) is 34.5 Å². The van der Waals surface area contributed by atoms with E-state index in [0.717, 1.165) is 32.1 Å². The maximum absolute atomic E-state index is 12.3. The zero-order valence-electron chi connectivity index (χ0n) is 16.3. The Labute approximate surface area is 156 Å². The van der Waals surface area contributed by atoms with Crippen molar-refractivity contribution < 1.29 is 19.8 Å². The van der Waals surface area contributed by atoms with Crippen LogP contribution in [0.5, 0.6) is 0 Å². The molecular weight excluding hydrogens is 328 g/mol. The van der Waals surface area contributed by atoms with Crippen molar-refractivity contribution in [3.05, 3.63) is 11.6 Å².